The van der Waals surface area contributed by atoms with E-state index in [2.05, 4.69) is 27.2 Å². The molecule has 1 aromatic carbocycles. The van der Waals surface area contributed by atoms with Crippen molar-refractivity contribution in [3.8, 4) is 0 Å². The summed E-state index contributed by atoms with van der Waals surface area (Å²) in [6.07, 6.45) is 7.83. The molecule has 0 spiro atoms. The second-order valence-electron chi connectivity index (χ2n) is 9.34. The van der Waals surface area contributed by atoms with Crippen LogP contribution in [-0.4, -0.2) is 46.1 Å². The van der Waals surface area contributed by atoms with Crippen molar-refractivity contribution in [2.24, 2.45) is 11.8 Å². The van der Waals surface area contributed by atoms with Gasteiger partial charge in [-0.1, -0.05) is 49.8 Å². The first kappa shape index (κ1) is 24.8. The summed E-state index contributed by atoms with van der Waals surface area (Å²) in [5.41, 5.74) is 2.48. The molecular formula is C26H36N4O3. The lowest BCUT2D eigenvalue weighted by molar-refractivity contribution is -0.125. The lowest BCUT2D eigenvalue weighted by Crippen LogP contribution is -2.46. The molecule has 3 atom stereocenters. The number of hydrogen-bond acceptors (Lipinski definition) is 5. The highest BCUT2D eigenvalue weighted by Crippen LogP contribution is 2.29. The number of amides is 2. The number of benzene rings is 1. The van der Waals surface area contributed by atoms with Crippen molar-refractivity contribution >= 4 is 22.8 Å². The van der Waals surface area contributed by atoms with E-state index in [0.29, 0.717) is 24.3 Å². The van der Waals surface area contributed by atoms with Gasteiger partial charge in [0.05, 0.1) is 29.4 Å². The molecule has 2 aromatic rings. The highest BCUT2D eigenvalue weighted by molar-refractivity contribution is 5.94. The summed E-state index contributed by atoms with van der Waals surface area (Å²) < 4.78 is 0. The van der Waals surface area contributed by atoms with E-state index < -0.39 is 18.1 Å². The Bertz CT molecular complexity index is 971. The maximum atomic E-state index is 13.1. The van der Waals surface area contributed by atoms with E-state index in [1.165, 1.54) is 25.5 Å². The largest absolute Gasteiger partial charge is 0.391 e. The van der Waals surface area contributed by atoms with Crippen LogP contribution in [0.4, 0.5) is 0 Å². The van der Waals surface area contributed by atoms with Gasteiger partial charge in [-0.2, -0.15) is 0 Å². The molecule has 1 saturated carbocycles. The summed E-state index contributed by atoms with van der Waals surface area (Å²) in [4.78, 5) is 34.3. The Balaban J connectivity index is 1.77. The third-order valence-corrected chi connectivity index (χ3v) is 6.51. The van der Waals surface area contributed by atoms with Gasteiger partial charge in [0.25, 0.3) is 5.91 Å². The average molecular weight is 453 g/mol. The number of rotatable bonds is 10. The summed E-state index contributed by atoms with van der Waals surface area (Å²) in [6, 6.07) is 6.93. The van der Waals surface area contributed by atoms with Gasteiger partial charge >= 0.3 is 0 Å². The fourth-order valence-electron chi connectivity index (χ4n) is 4.77. The van der Waals surface area contributed by atoms with Gasteiger partial charge in [-0.15, -0.1) is 6.58 Å². The van der Waals surface area contributed by atoms with E-state index in [-0.39, 0.29) is 23.9 Å². The number of fused-ring (bicyclic) bond motifs is 1. The number of carbonyl (C=O) groups excluding carboxylic acids is 2. The maximum Gasteiger partial charge on any atom is 0.271 e. The van der Waals surface area contributed by atoms with Crippen LogP contribution >= 0.6 is 0 Å². The first-order valence-corrected chi connectivity index (χ1v) is 11.9. The van der Waals surface area contributed by atoms with Crippen molar-refractivity contribution in [3.63, 3.8) is 0 Å². The number of aliphatic hydroxyl groups excluding tert-OH is 1. The topological polar surface area (TPSA) is 104 Å². The second kappa shape index (κ2) is 11.9. The Kier molecular flexibility index (Phi) is 8.95. The van der Waals surface area contributed by atoms with Crippen LogP contribution in [0.2, 0.25) is 0 Å². The number of aromatic nitrogens is 2. The Morgan fingerprint density at radius 2 is 1.88 bits per heavy atom. The molecule has 3 N–H and O–H groups in total. The van der Waals surface area contributed by atoms with Crippen molar-refractivity contribution in [2.75, 3.05) is 7.05 Å². The fraction of sp³-hybridized carbons (Fsp3) is 0.538. The molecule has 1 heterocycles. The molecule has 1 aromatic heterocycles. The van der Waals surface area contributed by atoms with Crippen molar-refractivity contribution in [1.29, 1.82) is 0 Å². The summed E-state index contributed by atoms with van der Waals surface area (Å²) in [5, 5.41) is 16.9. The molecule has 2 amide bonds. The molecule has 33 heavy (non-hydrogen) atoms. The smallest absolute Gasteiger partial charge is 0.271 e. The van der Waals surface area contributed by atoms with Crippen LogP contribution in [0.15, 0.2) is 42.6 Å². The SMILES string of the molecule is C=C(C)C[C@H](C[C@H](O)[C@H](CC1CCCCC1)NC(=O)c1cnc2ccccc2n1)C(=O)NC. The number of carbonyl (C=O) groups is 2. The Hall–Kier alpha value is -2.80. The molecule has 0 bridgehead atoms. The van der Waals surface area contributed by atoms with Crippen LogP contribution in [0, 0.1) is 11.8 Å². The molecule has 1 fully saturated rings. The highest BCUT2D eigenvalue weighted by atomic mass is 16.3. The van der Waals surface area contributed by atoms with Gasteiger partial charge in [-0.25, -0.2) is 4.98 Å². The first-order valence-electron chi connectivity index (χ1n) is 11.9. The lowest BCUT2D eigenvalue weighted by atomic mass is 9.82. The minimum absolute atomic E-state index is 0.125. The van der Waals surface area contributed by atoms with Crippen molar-refractivity contribution in [3.05, 3.63) is 48.3 Å². The zero-order chi connectivity index (χ0) is 23.8. The third-order valence-electron chi connectivity index (χ3n) is 6.51. The number of nitrogens with one attached hydrogen (secondary N) is 2. The molecule has 3 rings (SSSR count). The van der Waals surface area contributed by atoms with Crippen LogP contribution in [0.25, 0.3) is 11.0 Å². The van der Waals surface area contributed by atoms with E-state index in [0.717, 1.165) is 23.9 Å². The summed E-state index contributed by atoms with van der Waals surface area (Å²) in [7, 11) is 1.60. The van der Waals surface area contributed by atoms with Crippen LogP contribution in [0.3, 0.4) is 0 Å². The predicted molar refractivity (Wildman–Crippen MR) is 130 cm³/mol. The van der Waals surface area contributed by atoms with E-state index in [1.54, 1.807) is 7.05 Å². The van der Waals surface area contributed by atoms with E-state index in [9.17, 15) is 14.7 Å². The van der Waals surface area contributed by atoms with Gasteiger partial charge in [0.15, 0.2) is 0 Å². The third kappa shape index (κ3) is 7.09. The minimum Gasteiger partial charge on any atom is -0.391 e. The van der Waals surface area contributed by atoms with Crippen LogP contribution in [-0.2, 0) is 4.79 Å². The molecule has 7 heteroatoms. The van der Waals surface area contributed by atoms with Gasteiger partial charge in [0, 0.05) is 13.0 Å². The van der Waals surface area contributed by atoms with Crippen LogP contribution in [0.1, 0.15) is 68.8 Å². The molecule has 0 aliphatic heterocycles. The second-order valence-corrected chi connectivity index (χ2v) is 9.34. The molecule has 0 unspecified atom stereocenters. The van der Waals surface area contributed by atoms with Gasteiger partial charge in [0.1, 0.15) is 5.69 Å². The van der Waals surface area contributed by atoms with Gasteiger partial charge in [0.2, 0.25) is 5.91 Å². The Morgan fingerprint density at radius 1 is 1.18 bits per heavy atom. The van der Waals surface area contributed by atoms with E-state index >= 15 is 0 Å². The molecule has 7 nitrogen and oxygen atoms in total. The number of aliphatic hydroxyl groups is 1. The molecule has 178 valence electrons. The van der Waals surface area contributed by atoms with Crippen LogP contribution in [0.5, 0.6) is 0 Å². The van der Waals surface area contributed by atoms with Gasteiger partial charge < -0.3 is 15.7 Å². The monoisotopic (exact) mass is 452 g/mol. The normalized spacial score (nSPS) is 17.2. The van der Waals surface area contributed by atoms with Crippen LogP contribution < -0.4 is 10.6 Å². The quantitative estimate of drug-likeness (QED) is 0.476. The zero-order valence-corrected chi connectivity index (χ0v) is 19.7. The minimum atomic E-state index is -0.856. The highest BCUT2D eigenvalue weighted by Gasteiger charge is 2.30. The number of nitrogens with zero attached hydrogens (tertiary/aromatic N) is 2. The van der Waals surface area contributed by atoms with Gasteiger partial charge in [-0.3, -0.25) is 14.6 Å². The maximum absolute atomic E-state index is 13.1. The number of allylic oxidation sites excluding steroid dienone is 1. The molecule has 0 radical (unpaired) electrons. The molecule has 1 aliphatic carbocycles. The summed E-state index contributed by atoms with van der Waals surface area (Å²) >= 11 is 0. The molecular weight excluding hydrogens is 416 g/mol. The summed E-state index contributed by atoms with van der Waals surface area (Å²) in [5.74, 6) is -0.431. The summed E-state index contributed by atoms with van der Waals surface area (Å²) in [6.45, 7) is 5.80. The number of para-hydroxylation sites is 2. The predicted octanol–water partition coefficient (Wildman–Crippen LogP) is 3.78. The Morgan fingerprint density at radius 3 is 2.55 bits per heavy atom. The fourth-order valence-corrected chi connectivity index (χ4v) is 4.77. The van der Waals surface area contributed by atoms with Gasteiger partial charge in [-0.05, 0) is 44.2 Å². The Labute approximate surface area is 196 Å². The molecule has 1 aliphatic rings. The molecule has 0 saturated heterocycles. The van der Waals surface area contributed by atoms with E-state index in [1.807, 2.05) is 31.2 Å². The standard InChI is InChI=1S/C26H36N4O3/c1-17(2)13-19(25(32)27-3)15-24(31)22(14-18-9-5-4-6-10-18)30-26(33)23-16-28-20-11-7-8-12-21(20)29-23/h7-8,11-12,16,18-19,22,24,31H,1,4-6,9-10,13-15H2,2-3H3,(H,27,32)(H,30,33)/t19-,22+,24+/m1/s1. The van der Waals surface area contributed by atoms with Crippen molar-refractivity contribution in [2.45, 2.75) is 70.4 Å². The first-order chi connectivity index (χ1) is 15.9. The number of hydrogen-bond donors (Lipinski definition) is 3. The lowest BCUT2D eigenvalue weighted by Gasteiger charge is -2.31. The average Bonchev–Trinajstić information content (AvgIpc) is 2.82. The van der Waals surface area contributed by atoms with E-state index in [4.69, 9.17) is 0 Å². The zero-order valence-electron chi connectivity index (χ0n) is 19.7. The van der Waals surface area contributed by atoms with Crippen molar-refractivity contribution < 1.29 is 14.7 Å². The van der Waals surface area contributed by atoms with Crippen molar-refractivity contribution in [1.82, 2.24) is 20.6 Å².